The number of nitriles is 1. The summed E-state index contributed by atoms with van der Waals surface area (Å²) in [6, 6.07) is 2.29. The molecule has 0 radical (unpaired) electrons. The molecule has 0 aliphatic heterocycles. The highest BCUT2D eigenvalue weighted by atomic mass is 15.0. The molecule has 0 bridgehead atoms. The lowest BCUT2D eigenvalue weighted by Crippen LogP contribution is -2.12. The van der Waals surface area contributed by atoms with Crippen molar-refractivity contribution >= 4 is 0 Å². The van der Waals surface area contributed by atoms with Crippen molar-refractivity contribution in [2.45, 2.75) is 33.7 Å². The normalized spacial score (nSPS) is 11.2. The van der Waals surface area contributed by atoms with Crippen LogP contribution in [0.15, 0.2) is 12.4 Å². The van der Waals surface area contributed by atoms with Crippen molar-refractivity contribution in [1.29, 1.82) is 5.26 Å². The summed E-state index contributed by atoms with van der Waals surface area (Å²) < 4.78 is 2.07. The first kappa shape index (κ1) is 9.79. The molecule has 0 saturated heterocycles. The average Bonchev–Trinajstić information content (AvgIpc) is 2.48. The maximum atomic E-state index is 8.82. The fraction of sp³-hybridized carbons (Fsp3) is 0.600. The molecule has 0 N–H and O–H groups in total. The van der Waals surface area contributed by atoms with Gasteiger partial charge in [0, 0.05) is 18.9 Å². The van der Waals surface area contributed by atoms with Crippen molar-refractivity contribution in [2.24, 2.45) is 5.41 Å². The van der Waals surface area contributed by atoms with Gasteiger partial charge in [-0.1, -0.05) is 0 Å². The summed E-state index contributed by atoms with van der Waals surface area (Å²) in [5, 5.41) is 8.82. The molecule has 0 fully saturated rings. The second kappa shape index (κ2) is 3.61. The molecule has 13 heavy (non-hydrogen) atoms. The topological polar surface area (TPSA) is 41.6 Å². The molecule has 0 atom stereocenters. The molecule has 1 rings (SSSR count). The lowest BCUT2D eigenvalue weighted by molar-refractivity contribution is 0.410. The summed E-state index contributed by atoms with van der Waals surface area (Å²) in [5.41, 5.74) is -0.239. The SMILES string of the molecule is Cc1nccn1CCC(C)(C)C#N. The van der Waals surface area contributed by atoms with E-state index in [2.05, 4.69) is 15.6 Å². The van der Waals surface area contributed by atoms with Crippen LogP contribution in [0.4, 0.5) is 0 Å². The van der Waals surface area contributed by atoms with Gasteiger partial charge in [-0.25, -0.2) is 4.98 Å². The maximum Gasteiger partial charge on any atom is 0.105 e. The molecule has 0 amide bonds. The molecular weight excluding hydrogens is 162 g/mol. The molecule has 0 aliphatic carbocycles. The van der Waals surface area contributed by atoms with E-state index >= 15 is 0 Å². The van der Waals surface area contributed by atoms with Gasteiger partial charge in [0.25, 0.3) is 0 Å². The standard InChI is InChI=1S/C10H15N3/c1-9-12-5-7-13(9)6-4-10(2,3)8-11/h5,7H,4,6H2,1-3H3. The minimum Gasteiger partial charge on any atom is -0.335 e. The zero-order valence-corrected chi connectivity index (χ0v) is 8.41. The Bertz CT molecular complexity index is 317. The van der Waals surface area contributed by atoms with Crippen molar-refractivity contribution < 1.29 is 0 Å². The molecule has 3 heteroatoms. The molecular formula is C10H15N3. The zero-order valence-electron chi connectivity index (χ0n) is 8.41. The predicted molar refractivity (Wildman–Crippen MR) is 51.0 cm³/mol. The third kappa shape index (κ3) is 2.59. The Balaban J connectivity index is 2.54. The van der Waals surface area contributed by atoms with Gasteiger partial charge in [0.05, 0.1) is 11.5 Å². The van der Waals surface area contributed by atoms with E-state index in [-0.39, 0.29) is 5.41 Å². The third-order valence-corrected chi connectivity index (χ3v) is 2.20. The highest BCUT2D eigenvalue weighted by Gasteiger charge is 2.16. The summed E-state index contributed by atoms with van der Waals surface area (Å²) in [4.78, 5) is 4.12. The zero-order chi connectivity index (χ0) is 9.90. The molecule has 1 aromatic rings. The van der Waals surface area contributed by atoms with Crippen LogP contribution in [-0.2, 0) is 6.54 Å². The van der Waals surface area contributed by atoms with Crippen LogP contribution in [0, 0.1) is 23.7 Å². The van der Waals surface area contributed by atoms with Crippen molar-refractivity contribution in [2.75, 3.05) is 0 Å². The first-order valence-electron chi connectivity index (χ1n) is 4.44. The van der Waals surface area contributed by atoms with Crippen LogP contribution < -0.4 is 0 Å². The molecule has 0 aliphatic rings. The average molecular weight is 177 g/mol. The van der Waals surface area contributed by atoms with Crippen LogP contribution in [0.1, 0.15) is 26.1 Å². The van der Waals surface area contributed by atoms with E-state index in [1.54, 1.807) is 6.20 Å². The van der Waals surface area contributed by atoms with Crippen LogP contribution in [0.5, 0.6) is 0 Å². The number of aromatic nitrogens is 2. The second-order valence-corrected chi connectivity index (χ2v) is 3.91. The van der Waals surface area contributed by atoms with Crippen LogP contribution in [0.3, 0.4) is 0 Å². The van der Waals surface area contributed by atoms with E-state index < -0.39 is 0 Å². The van der Waals surface area contributed by atoms with Gasteiger partial charge in [-0.15, -0.1) is 0 Å². The number of rotatable bonds is 3. The van der Waals surface area contributed by atoms with Crippen LogP contribution in [0.2, 0.25) is 0 Å². The minimum atomic E-state index is -0.239. The van der Waals surface area contributed by atoms with Crippen molar-refractivity contribution in [3.8, 4) is 6.07 Å². The quantitative estimate of drug-likeness (QED) is 0.709. The highest BCUT2D eigenvalue weighted by molar-refractivity contribution is 4.94. The summed E-state index contributed by atoms with van der Waals surface area (Å²) >= 11 is 0. The van der Waals surface area contributed by atoms with Crippen molar-refractivity contribution in [3.63, 3.8) is 0 Å². The molecule has 0 unspecified atom stereocenters. The van der Waals surface area contributed by atoms with Gasteiger partial charge in [0.1, 0.15) is 5.82 Å². The van der Waals surface area contributed by atoms with E-state index in [1.807, 2.05) is 27.0 Å². The Labute approximate surface area is 79.0 Å². The Hall–Kier alpha value is -1.30. The van der Waals surface area contributed by atoms with Gasteiger partial charge in [-0.05, 0) is 27.2 Å². The largest absolute Gasteiger partial charge is 0.335 e. The Morgan fingerprint density at radius 2 is 2.31 bits per heavy atom. The second-order valence-electron chi connectivity index (χ2n) is 3.91. The smallest absolute Gasteiger partial charge is 0.105 e. The fourth-order valence-corrected chi connectivity index (χ4v) is 1.10. The number of nitrogens with zero attached hydrogens (tertiary/aromatic N) is 3. The Morgan fingerprint density at radius 3 is 2.77 bits per heavy atom. The number of hydrogen-bond donors (Lipinski definition) is 0. The van der Waals surface area contributed by atoms with Crippen LogP contribution in [-0.4, -0.2) is 9.55 Å². The van der Waals surface area contributed by atoms with Gasteiger partial charge in [-0.3, -0.25) is 0 Å². The van der Waals surface area contributed by atoms with Gasteiger partial charge in [0.2, 0.25) is 0 Å². The number of aryl methyl sites for hydroxylation is 2. The van der Waals surface area contributed by atoms with Crippen LogP contribution in [0.25, 0.3) is 0 Å². The fourth-order valence-electron chi connectivity index (χ4n) is 1.10. The summed E-state index contributed by atoms with van der Waals surface area (Å²) in [6.45, 7) is 6.75. The van der Waals surface area contributed by atoms with Gasteiger partial charge in [0.15, 0.2) is 0 Å². The molecule has 0 saturated carbocycles. The lowest BCUT2D eigenvalue weighted by atomic mass is 9.91. The Morgan fingerprint density at radius 1 is 1.62 bits per heavy atom. The highest BCUT2D eigenvalue weighted by Crippen LogP contribution is 2.19. The van der Waals surface area contributed by atoms with Gasteiger partial charge in [-0.2, -0.15) is 5.26 Å². The maximum absolute atomic E-state index is 8.82. The van der Waals surface area contributed by atoms with E-state index in [0.717, 1.165) is 18.8 Å². The predicted octanol–water partition coefficient (Wildman–Crippen LogP) is 2.13. The third-order valence-electron chi connectivity index (χ3n) is 2.20. The summed E-state index contributed by atoms with van der Waals surface area (Å²) in [7, 11) is 0. The first-order valence-corrected chi connectivity index (χ1v) is 4.44. The van der Waals surface area contributed by atoms with E-state index in [4.69, 9.17) is 5.26 Å². The Kier molecular flexibility index (Phi) is 2.72. The van der Waals surface area contributed by atoms with Crippen molar-refractivity contribution in [3.05, 3.63) is 18.2 Å². The van der Waals surface area contributed by atoms with Crippen molar-refractivity contribution in [1.82, 2.24) is 9.55 Å². The minimum absolute atomic E-state index is 0.239. The molecule has 3 nitrogen and oxygen atoms in total. The monoisotopic (exact) mass is 177 g/mol. The van der Waals surface area contributed by atoms with Gasteiger partial charge >= 0.3 is 0 Å². The van der Waals surface area contributed by atoms with E-state index in [9.17, 15) is 0 Å². The summed E-state index contributed by atoms with van der Waals surface area (Å²) in [5.74, 6) is 1.01. The first-order chi connectivity index (χ1) is 6.05. The molecule has 70 valence electrons. The van der Waals surface area contributed by atoms with Crippen LogP contribution >= 0.6 is 0 Å². The van der Waals surface area contributed by atoms with E-state index in [0.29, 0.717) is 0 Å². The molecule has 1 aromatic heterocycles. The lowest BCUT2D eigenvalue weighted by Gasteiger charge is -2.15. The van der Waals surface area contributed by atoms with Gasteiger partial charge < -0.3 is 4.57 Å². The molecule has 0 spiro atoms. The summed E-state index contributed by atoms with van der Waals surface area (Å²) in [6.07, 6.45) is 4.60. The van der Waals surface area contributed by atoms with E-state index in [1.165, 1.54) is 0 Å². The number of hydrogen-bond acceptors (Lipinski definition) is 2. The molecule has 0 aromatic carbocycles. The molecule has 1 heterocycles. The number of imidazole rings is 1.